The Hall–Kier alpha value is -1.16. The Morgan fingerprint density at radius 2 is 2.00 bits per heavy atom. The molecule has 0 atom stereocenters. The predicted molar refractivity (Wildman–Crippen MR) is 70.1 cm³/mol. The predicted octanol–water partition coefficient (Wildman–Crippen LogP) is 2.92. The summed E-state index contributed by atoms with van der Waals surface area (Å²) >= 11 is 0. The topological polar surface area (TPSA) is 47.0 Å². The van der Waals surface area contributed by atoms with Crippen molar-refractivity contribution in [1.29, 1.82) is 0 Å². The van der Waals surface area contributed by atoms with Gasteiger partial charge in [-0.3, -0.25) is 0 Å². The first-order valence-corrected chi connectivity index (χ1v) is 6.19. The normalized spacial score (nSPS) is 11.6. The summed E-state index contributed by atoms with van der Waals surface area (Å²) in [5.41, 5.74) is 0.842. The number of anilines is 1. The Bertz CT molecular complexity index is 364. The number of nitrogens with zero attached hydrogens (tertiary/aromatic N) is 2. The van der Waals surface area contributed by atoms with E-state index >= 15 is 0 Å². The molecule has 0 saturated heterocycles. The van der Waals surface area contributed by atoms with Crippen molar-refractivity contribution in [2.75, 3.05) is 11.9 Å². The van der Waals surface area contributed by atoms with Crippen molar-refractivity contribution in [3.05, 3.63) is 17.6 Å². The van der Waals surface area contributed by atoms with Gasteiger partial charge < -0.3 is 10.1 Å². The minimum Gasteiger partial charge on any atom is -0.370 e. The van der Waals surface area contributed by atoms with Gasteiger partial charge in [0, 0.05) is 18.3 Å². The van der Waals surface area contributed by atoms with E-state index < -0.39 is 0 Å². The van der Waals surface area contributed by atoms with E-state index in [-0.39, 0.29) is 5.60 Å². The zero-order valence-electron chi connectivity index (χ0n) is 11.5. The highest BCUT2D eigenvalue weighted by Gasteiger charge is 2.16. The van der Waals surface area contributed by atoms with E-state index in [0.717, 1.165) is 30.3 Å². The fraction of sp³-hybridized carbons (Fsp3) is 0.692. The first-order valence-electron chi connectivity index (χ1n) is 6.19. The highest BCUT2D eigenvalue weighted by molar-refractivity contribution is 5.35. The second-order valence-electron chi connectivity index (χ2n) is 4.74. The molecule has 0 amide bonds. The zero-order chi connectivity index (χ0) is 12.9. The monoisotopic (exact) mass is 237 g/mol. The molecule has 0 aliphatic carbocycles. The van der Waals surface area contributed by atoms with E-state index in [1.807, 2.05) is 19.9 Å². The molecule has 1 N–H and O–H groups in total. The molecule has 0 aromatic carbocycles. The van der Waals surface area contributed by atoms with Crippen molar-refractivity contribution in [2.45, 2.75) is 53.2 Å². The molecule has 17 heavy (non-hydrogen) atoms. The maximum absolute atomic E-state index is 5.80. The van der Waals surface area contributed by atoms with Crippen molar-refractivity contribution in [3.8, 4) is 0 Å². The van der Waals surface area contributed by atoms with Gasteiger partial charge >= 0.3 is 0 Å². The number of aromatic nitrogens is 2. The van der Waals surface area contributed by atoms with Crippen molar-refractivity contribution in [3.63, 3.8) is 0 Å². The summed E-state index contributed by atoms with van der Waals surface area (Å²) < 4.78 is 5.80. The summed E-state index contributed by atoms with van der Waals surface area (Å²) in [6.07, 6.45) is 0.971. The van der Waals surface area contributed by atoms with E-state index in [9.17, 15) is 0 Å². The van der Waals surface area contributed by atoms with Crippen LogP contribution in [0.4, 0.5) is 5.82 Å². The molecule has 0 aliphatic rings. The van der Waals surface area contributed by atoms with Crippen molar-refractivity contribution >= 4 is 5.82 Å². The Balaban J connectivity index is 2.70. The maximum atomic E-state index is 5.80. The van der Waals surface area contributed by atoms with Gasteiger partial charge in [-0.1, -0.05) is 6.92 Å². The lowest BCUT2D eigenvalue weighted by Crippen LogP contribution is -2.23. The second-order valence-corrected chi connectivity index (χ2v) is 4.74. The van der Waals surface area contributed by atoms with E-state index in [1.165, 1.54) is 0 Å². The molecule has 0 fully saturated rings. The lowest BCUT2D eigenvalue weighted by atomic mass is 10.1. The van der Waals surface area contributed by atoms with Crippen LogP contribution in [-0.4, -0.2) is 22.1 Å². The third-order valence-electron chi connectivity index (χ3n) is 2.70. The average Bonchev–Trinajstić information content (AvgIpc) is 2.26. The second kappa shape index (κ2) is 5.96. The molecule has 0 unspecified atom stereocenters. The fourth-order valence-electron chi connectivity index (χ4n) is 1.33. The molecule has 1 heterocycles. The molecule has 0 radical (unpaired) electrons. The van der Waals surface area contributed by atoms with Crippen LogP contribution in [0.3, 0.4) is 0 Å². The largest absolute Gasteiger partial charge is 0.370 e. The first-order chi connectivity index (χ1) is 7.96. The molecule has 0 spiro atoms. The van der Waals surface area contributed by atoms with Crippen LogP contribution in [0.1, 0.15) is 45.6 Å². The van der Waals surface area contributed by atoms with Crippen LogP contribution in [0.5, 0.6) is 0 Å². The Kier molecular flexibility index (Phi) is 4.87. The van der Waals surface area contributed by atoms with E-state index in [2.05, 4.69) is 36.1 Å². The molecule has 1 aromatic heterocycles. The summed E-state index contributed by atoms with van der Waals surface area (Å²) in [6, 6.07) is 1.94. The lowest BCUT2D eigenvalue weighted by Gasteiger charge is -2.23. The van der Waals surface area contributed by atoms with Gasteiger partial charge in [-0.2, -0.15) is 0 Å². The molecule has 0 aliphatic heterocycles. The van der Waals surface area contributed by atoms with E-state index in [0.29, 0.717) is 6.61 Å². The quantitative estimate of drug-likeness (QED) is 0.826. The Labute approximate surface area is 104 Å². The van der Waals surface area contributed by atoms with Crippen molar-refractivity contribution in [1.82, 2.24) is 9.97 Å². The maximum Gasteiger partial charge on any atom is 0.156 e. The lowest BCUT2D eigenvalue weighted by molar-refractivity contribution is -0.0345. The van der Waals surface area contributed by atoms with E-state index in [4.69, 9.17) is 4.74 Å². The number of hydrogen-bond acceptors (Lipinski definition) is 4. The minimum atomic E-state index is -0.120. The number of nitrogens with one attached hydrogen (secondary N) is 1. The first kappa shape index (κ1) is 13.9. The SMILES string of the molecule is CCNc1cc(C)nc(COC(C)(C)CC)n1. The zero-order valence-corrected chi connectivity index (χ0v) is 11.5. The summed E-state index contributed by atoms with van der Waals surface area (Å²) in [5, 5.41) is 3.19. The Morgan fingerprint density at radius 3 is 2.59 bits per heavy atom. The summed E-state index contributed by atoms with van der Waals surface area (Å²) in [4.78, 5) is 8.79. The molecule has 1 rings (SSSR count). The standard InChI is InChI=1S/C13H23N3O/c1-6-13(4,5)17-9-12-15-10(3)8-11(16-12)14-7-2/h8H,6-7,9H2,1-5H3,(H,14,15,16). The molecular formula is C13H23N3O. The van der Waals surface area contributed by atoms with Gasteiger partial charge in [-0.05, 0) is 34.1 Å². The number of hydrogen-bond donors (Lipinski definition) is 1. The Morgan fingerprint density at radius 1 is 1.29 bits per heavy atom. The molecule has 96 valence electrons. The molecule has 4 nitrogen and oxygen atoms in total. The van der Waals surface area contributed by atoms with Crippen molar-refractivity contribution in [2.24, 2.45) is 0 Å². The molecule has 0 bridgehead atoms. The van der Waals surface area contributed by atoms with Crippen LogP contribution < -0.4 is 5.32 Å². The molecule has 1 aromatic rings. The van der Waals surface area contributed by atoms with Crippen LogP contribution >= 0.6 is 0 Å². The van der Waals surface area contributed by atoms with Gasteiger partial charge in [0.2, 0.25) is 0 Å². The highest BCUT2D eigenvalue weighted by Crippen LogP contribution is 2.16. The molecule has 4 heteroatoms. The van der Waals surface area contributed by atoms with Gasteiger partial charge in [0.1, 0.15) is 12.4 Å². The van der Waals surface area contributed by atoms with Crippen LogP contribution in [0.2, 0.25) is 0 Å². The highest BCUT2D eigenvalue weighted by atomic mass is 16.5. The van der Waals surface area contributed by atoms with E-state index in [1.54, 1.807) is 0 Å². The number of aryl methyl sites for hydroxylation is 1. The third-order valence-corrected chi connectivity index (χ3v) is 2.70. The van der Waals surface area contributed by atoms with Crippen LogP contribution in [0, 0.1) is 6.92 Å². The van der Waals surface area contributed by atoms with Gasteiger partial charge in [0.05, 0.1) is 5.60 Å². The van der Waals surface area contributed by atoms with Gasteiger partial charge in [0.15, 0.2) is 5.82 Å². The number of rotatable bonds is 6. The van der Waals surface area contributed by atoms with Gasteiger partial charge in [-0.25, -0.2) is 9.97 Å². The third kappa shape index (κ3) is 4.69. The van der Waals surface area contributed by atoms with Crippen molar-refractivity contribution < 1.29 is 4.74 Å². The van der Waals surface area contributed by atoms with Gasteiger partial charge in [0.25, 0.3) is 0 Å². The minimum absolute atomic E-state index is 0.120. The number of ether oxygens (including phenoxy) is 1. The summed E-state index contributed by atoms with van der Waals surface area (Å²) in [5.74, 6) is 1.61. The fourth-order valence-corrected chi connectivity index (χ4v) is 1.33. The van der Waals surface area contributed by atoms with Gasteiger partial charge in [-0.15, -0.1) is 0 Å². The molecular weight excluding hydrogens is 214 g/mol. The average molecular weight is 237 g/mol. The van der Waals surface area contributed by atoms with Crippen LogP contribution in [0.25, 0.3) is 0 Å². The summed E-state index contributed by atoms with van der Waals surface area (Å²) in [6.45, 7) is 11.6. The summed E-state index contributed by atoms with van der Waals surface area (Å²) in [7, 11) is 0. The van der Waals surface area contributed by atoms with Crippen LogP contribution in [0.15, 0.2) is 6.07 Å². The van der Waals surface area contributed by atoms with Crippen LogP contribution in [-0.2, 0) is 11.3 Å². The molecule has 0 saturated carbocycles. The smallest absolute Gasteiger partial charge is 0.156 e.